The summed E-state index contributed by atoms with van der Waals surface area (Å²) in [6.45, 7) is 12.4. The second kappa shape index (κ2) is 10.7. The molecule has 0 spiro atoms. The number of alkyl halides is 1. The maximum absolute atomic E-state index is 12.7. The molecule has 1 aromatic rings. The van der Waals surface area contributed by atoms with Crippen molar-refractivity contribution in [2.24, 2.45) is 46.3 Å². The first kappa shape index (κ1) is 27.3. The van der Waals surface area contributed by atoms with E-state index in [-0.39, 0.29) is 22.9 Å². The smallest absolute Gasteiger partial charge is 0.338 e. The number of carbonyl (C=O) groups is 1. The van der Waals surface area contributed by atoms with Crippen LogP contribution < -0.4 is 0 Å². The van der Waals surface area contributed by atoms with Crippen molar-refractivity contribution in [1.29, 1.82) is 0 Å². The molecule has 3 heteroatoms. The lowest BCUT2D eigenvalue weighted by atomic mass is 9.47. The van der Waals surface area contributed by atoms with Crippen LogP contribution in [0.2, 0.25) is 0 Å². The molecule has 0 N–H and O–H groups in total. The van der Waals surface area contributed by atoms with Gasteiger partial charge in [0.1, 0.15) is 6.10 Å². The molecule has 0 aliphatic heterocycles. The van der Waals surface area contributed by atoms with Gasteiger partial charge < -0.3 is 4.74 Å². The molecule has 4 aliphatic carbocycles. The third kappa shape index (κ3) is 5.06. The van der Waals surface area contributed by atoms with E-state index in [2.05, 4.69) is 40.7 Å². The van der Waals surface area contributed by atoms with E-state index in [9.17, 15) is 4.79 Å². The van der Waals surface area contributed by atoms with E-state index in [1.807, 2.05) is 30.3 Å². The van der Waals surface area contributed by atoms with Gasteiger partial charge in [-0.1, -0.05) is 83.7 Å². The number of halogens is 1. The van der Waals surface area contributed by atoms with Gasteiger partial charge in [-0.05, 0) is 103 Å². The van der Waals surface area contributed by atoms with Crippen LogP contribution in [-0.2, 0) is 4.74 Å². The Balaban J connectivity index is 1.29. The molecule has 0 amide bonds. The van der Waals surface area contributed by atoms with Crippen LogP contribution in [0.5, 0.6) is 0 Å². The first-order valence-electron chi connectivity index (χ1n) is 15.2. The Bertz CT molecular complexity index is 985. The van der Waals surface area contributed by atoms with E-state index in [0.29, 0.717) is 28.7 Å². The largest absolute Gasteiger partial charge is 0.459 e. The van der Waals surface area contributed by atoms with Crippen LogP contribution in [0.4, 0.5) is 0 Å². The summed E-state index contributed by atoms with van der Waals surface area (Å²) < 4.78 is 6.01. The molecular weight excluding hydrogens is 476 g/mol. The molecule has 0 unspecified atom stereocenters. The first-order chi connectivity index (χ1) is 17.6. The number of fused-ring (bicyclic) bond motifs is 5. The highest BCUT2D eigenvalue weighted by molar-refractivity contribution is 6.22. The second-order valence-corrected chi connectivity index (χ2v) is 14.5. The minimum atomic E-state index is -0.194. The summed E-state index contributed by atoms with van der Waals surface area (Å²) in [5.74, 6) is 4.01. The van der Waals surface area contributed by atoms with Crippen LogP contribution in [0.15, 0.2) is 42.0 Å². The number of allylic oxidation sites excluding steroid dienone is 2. The number of carbonyl (C=O) groups excluding carboxylic acids is 1. The SMILES string of the molecule is CC(C)CCC[C@@H](C)[C@H]1CC[C@H]2C3=C[C@H](Cl)[C@H]4C[C@@H](OC(=O)c5ccccc5)CC[C@]4(C)[C@H]3CC[C@]12C. The Labute approximate surface area is 231 Å². The molecule has 0 heterocycles. The fraction of sp³-hybridized carbons (Fsp3) is 0.735. The molecule has 0 aromatic heterocycles. The van der Waals surface area contributed by atoms with Crippen molar-refractivity contribution in [2.45, 2.75) is 110 Å². The number of benzene rings is 1. The third-order valence-corrected chi connectivity index (χ3v) is 11.9. The number of ether oxygens (including phenoxy) is 1. The number of esters is 1. The van der Waals surface area contributed by atoms with Crippen LogP contribution in [-0.4, -0.2) is 17.5 Å². The Kier molecular flexibility index (Phi) is 7.90. The van der Waals surface area contributed by atoms with Gasteiger partial charge in [-0.3, -0.25) is 0 Å². The van der Waals surface area contributed by atoms with E-state index in [0.717, 1.165) is 37.0 Å². The van der Waals surface area contributed by atoms with E-state index in [1.165, 1.54) is 44.9 Å². The van der Waals surface area contributed by atoms with Crippen molar-refractivity contribution in [2.75, 3.05) is 0 Å². The average molecular weight is 525 g/mol. The Morgan fingerprint density at radius 2 is 1.68 bits per heavy atom. The molecule has 9 atom stereocenters. The molecule has 4 aliphatic rings. The van der Waals surface area contributed by atoms with Crippen molar-refractivity contribution in [3.63, 3.8) is 0 Å². The normalized spacial score (nSPS) is 39.8. The van der Waals surface area contributed by atoms with Crippen LogP contribution in [0, 0.1) is 46.3 Å². The highest BCUT2D eigenvalue weighted by Gasteiger charge is 2.59. The minimum Gasteiger partial charge on any atom is -0.459 e. The molecular formula is C34H49ClO2. The van der Waals surface area contributed by atoms with Gasteiger partial charge in [-0.2, -0.15) is 0 Å². The summed E-state index contributed by atoms with van der Waals surface area (Å²) in [5.41, 5.74) is 3.00. The summed E-state index contributed by atoms with van der Waals surface area (Å²) in [7, 11) is 0. The second-order valence-electron chi connectivity index (χ2n) is 14.0. The van der Waals surface area contributed by atoms with Crippen LogP contribution >= 0.6 is 11.6 Å². The van der Waals surface area contributed by atoms with Crippen molar-refractivity contribution >= 4 is 17.6 Å². The lowest BCUT2D eigenvalue weighted by Gasteiger charge is -2.59. The Morgan fingerprint density at radius 1 is 0.973 bits per heavy atom. The van der Waals surface area contributed by atoms with Gasteiger partial charge in [0.25, 0.3) is 0 Å². The van der Waals surface area contributed by atoms with E-state index in [1.54, 1.807) is 5.57 Å². The van der Waals surface area contributed by atoms with E-state index >= 15 is 0 Å². The highest BCUT2D eigenvalue weighted by atomic mass is 35.5. The monoisotopic (exact) mass is 524 g/mol. The maximum atomic E-state index is 12.7. The zero-order chi connectivity index (χ0) is 26.4. The molecule has 5 rings (SSSR count). The van der Waals surface area contributed by atoms with E-state index < -0.39 is 0 Å². The summed E-state index contributed by atoms with van der Waals surface area (Å²) in [6.07, 6.45) is 14.9. The predicted octanol–water partition coefficient (Wildman–Crippen LogP) is 9.47. The van der Waals surface area contributed by atoms with Gasteiger partial charge in [0.05, 0.1) is 10.9 Å². The quantitative estimate of drug-likeness (QED) is 0.201. The minimum absolute atomic E-state index is 0.0293. The van der Waals surface area contributed by atoms with Gasteiger partial charge in [0.2, 0.25) is 0 Å². The standard InChI is InChI=1S/C34H49ClO2/c1-22(2)10-9-11-23(3)27-14-15-28-26-21-31(35)30-20-25(37-32(36)24-12-7-6-8-13-24)16-18-34(30,5)29(26)17-19-33(27,28)4/h6-8,12-13,21-23,25,27-31H,9-11,14-20H2,1-5H3/t23-,25+,27-,28+,29+,30-,31+,33-,34-/m1/s1. The molecule has 0 bridgehead atoms. The summed E-state index contributed by atoms with van der Waals surface area (Å²) >= 11 is 7.23. The van der Waals surface area contributed by atoms with E-state index in [4.69, 9.17) is 16.3 Å². The van der Waals surface area contributed by atoms with Crippen molar-refractivity contribution < 1.29 is 9.53 Å². The summed E-state index contributed by atoms with van der Waals surface area (Å²) in [4.78, 5) is 12.7. The molecule has 3 fully saturated rings. The van der Waals surface area contributed by atoms with Crippen molar-refractivity contribution in [3.8, 4) is 0 Å². The highest BCUT2D eigenvalue weighted by Crippen LogP contribution is 2.67. The van der Waals surface area contributed by atoms with Crippen LogP contribution in [0.1, 0.15) is 109 Å². The topological polar surface area (TPSA) is 26.3 Å². The maximum Gasteiger partial charge on any atom is 0.338 e. The molecule has 204 valence electrons. The lowest BCUT2D eigenvalue weighted by Crippen LogP contribution is -2.53. The molecule has 2 nitrogen and oxygen atoms in total. The van der Waals surface area contributed by atoms with Crippen LogP contribution in [0.25, 0.3) is 0 Å². The lowest BCUT2D eigenvalue weighted by molar-refractivity contribution is -0.0511. The van der Waals surface area contributed by atoms with Gasteiger partial charge in [0, 0.05) is 0 Å². The van der Waals surface area contributed by atoms with Crippen LogP contribution in [0.3, 0.4) is 0 Å². The molecule has 37 heavy (non-hydrogen) atoms. The Hall–Kier alpha value is -1.28. The first-order valence-corrected chi connectivity index (χ1v) is 15.7. The summed E-state index contributed by atoms with van der Waals surface area (Å²) in [5, 5.41) is 0.0411. The van der Waals surface area contributed by atoms with Gasteiger partial charge in [-0.15, -0.1) is 11.6 Å². The number of hydrogen-bond acceptors (Lipinski definition) is 2. The van der Waals surface area contributed by atoms with Gasteiger partial charge >= 0.3 is 5.97 Å². The zero-order valence-electron chi connectivity index (χ0n) is 23.8. The fourth-order valence-corrected chi connectivity index (χ4v) is 9.95. The molecule has 0 radical (unpaired) electrons. The molecule has 0 saturated heterocycles. The number of rotatable bonds is 7. The fourth-order valence-electron chi connectivity index (χ4n) is 9.42. The van der Waals surface area contributed by atoms with Gasteiger partial charge in [0.15, 0.2) is 0 Å². The molecule has 3 saturated carbocycles. The zero-order valence-corrected chi connectivity index (χ0v) is 24.6. The van der Waals surface area contributed by atoms with Crippen molar-refractivity contribution in [3.05, 3.63) is 47.5 Å². The summed E-state index contributed by atoms with van der Waals surface area (Å²) in [6, 6.07) is 9.41. The third-order valence-electron chi connectivity index (χ3n) is 11.5. The Morgan fingerprint density at radius 3 is 2.41 bits per heavy atom. The molecule has 1 aromatic carbocycles. The number of hydrogen-bond donors (Lipinski definition) is 0. The predicted molar refractivity (Wildman–Crippen MR) is 154 cm³/mol. The average Bonchev–Trinajstić information content (AvgIpc) is 3.22. The van der Waals surface area contributed by atoms with Crippen molar-refractivity contribution in [1.82, 2.24) is 0 Å². The van der Waals surface area contributed by atoms with Gasteiger partial charge in [-0.25, -0.2) is 4.79 Å².